The van der Waals surface area contributed by atoms with Gasteiger partial charge in [0.25, 0.3) is 0 Å². The van der Waals surface area contributed by atoms with Crippen LogP contribution in [0.5, 0.6) is 11.5 Å². The normalized spacial score (nSPS) is 16.5. The highest BCUT2D eigenvalue weighted by molar-refractivity contribution is 5.88. The molecule has 1 aliphatic heterocycles. The number of carbonyl (C=O) groups is 2. The zero-order valence-corrected chi connectivity index (χ0v) is 18.3. The Morgan fingerprint density at radius 1 is 1.13 bits per heavy atom. The number of amides is 2. The average molecular weight is 426 g/mol. The Morgan fingerprint density at radius 2 is 1.87 bits per heavy atom. The van der Waals surface area contributed by atoms with Crippen molar-refractivity contribution in [2.75, 3.05) is 39.9 Å². The molecule has 0 spiro atoms. The van der Waals surface area contributed by atoms with Gasteiger partial charge in [-0.1, -0.05) is 36.4 Å². The summed E-state index contributed by atoms with van der Waals surface area (Å²) in [4.78, 5) is 29.1. The predicted molar refractivity (Wildman–Crippen MR) is 119 cm³/mol. The van der Waals surface area contributed by atoms with Crippen molar-refractivity contribution in [1.29, 1.82) is 0 Å². The number of hydrogen-bond donors (Lipinski definition) is 1. The maximum Gasteiger partial charge on any atom is 0.237 e. The van der Waals surface area contributed by atoms with Crippen molar-refractivity contribution >= 4 is 11.8 Å². The van der Waals surface area contributed by atoms with E-state index in [4.69, 9.17) is 9.47 Å². The molecule has 1 atom stereocenters. The van der Waals surface area contributed by atoms with E-state index in [2.05, 4.69) is 10.2 Å². The summed E-state index contributed by atoms with van der Waals surface area (Å²) in [6.45, 7) is 5.19. The lowest BCUT2D eigenvalue weighted by molar-refractivity contribution is -0.138. The van der Waals surface area contributed by atoms with Crippen LogP contribution in [0.25, 0.3) is 0 Å². The van der Waals surface area contributed by atoms with E-state index in [0.29, 0.717) is 39.4 Å². The lowest BCUT2D eigenvalue weighted by Crippen LogP contribution is -2.56. The molecule has 0 radical (unpaired) electrons. The number of nitrogens with one attached hydrogen (secondary N) is 1. The lowest BCUT2D eigenvalue weighted by Gasteiger charge is -2.35. The SMILES string of the molecule is CCOc1ccccc1CN1CCNC(=O)C1CC(=O)N(C)CCOc1ccccc1. The summed E-state index contributed by atoms with van der Waals surface area (Å²) in [5, 5.41) is 2.89. The minimum absolute atomic E-state index is 0.0817. The number of carbonyl (C=O) groups excluding carboxylic acids is 2. The molecule has 0 aromatic heterocycles. The Morgan fingerprint density at radius 3 is 2.65 bits per heavy atom. The second-order valence-corrected chi connectivity index (χ2v) is 7.50. The van der Waals surface area contributed by atoms with Gasteiger partial charge in [0.05, 0.1) is 25.6 Å². The number of nitrogens with zero attached hydrogens (tertiary/aromatic N) is 2. The quantitative estimate of drug-likeness (QED) is 0.633. The zero-order valence-electron chi connectivity index (χ0n) is 18.3. The maximum atomic E-state index is 12.8. The third-order valence-corrected chi connectivity index (χ3v) is 5.32. The topological polar surface area (TPSA) is 71.1 Å². The minimum atomic E-state index is -0.506. The molecule has 2 amide bonds. The van der Waals surface area contributed by atoms with Gasteiger partial charge < -0.3 is 19.7 Å². The Bertz CT molecular complexity index is 859. The molecule has 1 heterocycles. The molecule has 166 valence electrons. The Hall–Kier alpha value is -3.06. The maximum absolute atomic E-state index is 12.8. The van der Waals surface area contributed by atoms with Gasteiger partial charge in [-0.05, 0) is 25.1 Å². The van der Waals surface area contributed by atoms with E-state index in [1.165, 1.54) is 0 Å². The summed E-state index contributed by atoms with van der Waals surface area (Å²) < 4.78 is 11.4. The molecule has 7 heteroatoms. The number of para-hydroxylation sites is 2. The van der Waals surface area contributed by atoms with Gasteiger partial charge in [-0.3, -0.25) is 14.5 Å². The first-order valence-corrected chi connectivity index (χ1v) is 10.7. The van der Waals surface area contributed by atoms with Crippen LogP contribution in [0.4, 0.5) is 0 Å². The van der Waals surface area contributed by atoms with Gasteiger partial charge in [0, 0.05) is 32.2 Å². The molecule has 0 bridgehead atoms. The van der Waals surface area contributed by atoms with Crippen LogP contribution in [-0.2, 0) is 16.1 Å². The lowest BCUT2D eigenvalue weighted by atomic mass is 10.1. The first-order chi connectivity index (χ1) is 15.1. The standard InChI is InChI=1S/C24H31N3O4/c1-3-30-22-12-8-7-9-19(22)18-27-14-13-25-24(29)21(27)17-23(28)26(2)15-16-31-20-10-5-4-6-11-20/h4-12,21H,3,13-18H2,1-2H3,(H,25,29). The van der Waals surface area contributed by atoms with Crippen LogP contribution in [-0.4, -0.2) is 67.6 Å². The van der Waals surface area contributed by atoms with Crippen LogP contribution >= 0.6 is 0 Å². The van der Waals surface area contributed by atoms with Gasteiger partial charge in [-0.25, -0.2) is 0 Å². The molecule has 3 rings (SSSR count). The monoisotopic (exact) mass is 425 g/mol. The van der Waals surface area contributed by atoms with Crippen molar-refractivity contribution in [3.63, 3.8) is 0 Å². The number of hydrogen-bond acceptors (Lipinski definition) is 5. The summed E-state index contributed by atoms with van der Waals surface area (Å²) in [6.07, 6.45) is 0.129. The van der Waals surface area contributed by atoms with Crippen molar-refractivity contribution in [3.05, 3.63) is 60.2 Å². The third-order valence-electron chi connectivity index (χ3n) is 5.32. The number of piperazine rings is 1. The van der Waals surface area contributed by atoms with Crippen LogP contribution in [0.2, 0.25) is 0 Å². The summed E-state index contributed by atoms with van der Waals surface area (Å²) >= 11 is 0. The molecule has 1 N–H and O–H groups in total. The summed E-state index contributed by atoms with van der Waals surface area (Å²) in [7, 11) is 1.74. The Balaban J connectivity index is 1.58. The van der Waals surface area contributed by atoms with E-state index in [0.717, 1.165) is 17.1 Å². The highest BCUT2D eigenvalue weighted by atomic mass is 16.5. The molecule has 1 saturated heterocycles. The zero-order chi connectivity index (χ0) is 22.1. The van der Waals surface area contributed by atoms with Crippen LogP contribution in [0.3, 0.4) is 0 Å². The number of benzene rings is 2. The second kappa shape index (κ2) is 11.4. The van der Waals surface area contributed by atoms with E-state index in [9.17, 15) is 9.59 Å². The molecule has 1 aliphatic rings. The highest BCUT2D eigenvalue weighted by Gasteiger charge is 2.32. The fraction of sp³-hybridized carbons (Fsp3) is 0.417. The first kappa shape index (κ1) is 22.6. The summed E-state index contributed by atoms with van der Waals surface area (Å²) in [5.41, 5.74) is 1.01. The Kier molecular flexibility index (Phi) is 8.29. The average Bonchev–Trinajstić information content (AvgIpc) is 2.78. The molecule has 0 aliphatic carbocycles. The van der Waals surface area contributed by atoms with Gasteiger partial charge in [0.2, 0.25) is 11.8 Å². The molecule has 1 unspecified atom stereocenters. The van der Waals surface area contributed by atoms with Crippen LogP contribution in [0.15, 0.2) is 54.6 Å². The number of likely N-dealkylation sites (N-methyl/N-ethyl adjacent to an activating group) is 1. The van der Waals surface area contributed by atoms with Gasteiger partial charge >= 0.3 is 0 Å². The molecule has 0 saturated carbocycles. The fourth-order valence-electron chi connectivity index (χ4n) is 3.59. The number of ether oxygens (including phenoxy) is 2. The van der Waals surface area contributed by atoms with Crippen molar-refractivity contribution in [3.8, 4) is 11.5 Å². The Labute approximate surface area is 183 Å². The van der Waals surface area contributed by atoms with Crippen LogP contribution in [0, 0.1) is 0 Å². The van der Waals surface area contributed by atoms with E-state index in [-0.39, 0.29) is 18.2 Å². The molecule has 1 fully saturated rings. The van der Waals surface area contributed by atoms with Crippen LogP contribution in [0.1, 0.15) is 18.9 Å². The third kappa shape index (κ3) is 6.46. The van der Waals surface area contributed by atoms with Crippen molar-refractivity contribution in [2.45, 2.75) is 25.9 Å². The molecule has 2 aromatic carbocycles. The molecule has 7 nitrogen and oxygen atoms in total. The summed E-state index contributed by atoms with van der Waals surface area (Å²) in [5.74, 6) is 1.40. The predicted octanol–water partition coefficient (Wildman–Crippen LogP) is 2.31. The van der Waals surface area contributed by atoms with Crippen molar-refractivity contribution < 1.29 is 19.1 Å². The van der Waals surface area contributed by atoms with Gasteiger partial charge in [0.1, 0.15) is 18.1 Å². The smallest absolute Gasteiger partial charge is 0.237 e. The van der Waals surface area contributed by atoms with Crippen molar-refractivity contribution in [1.82, 2.24) is 15.1 Å². The minimum Gasteiger partial charge on any atom is -0.494 e. The fourth-order valence-corrected chi connectivity index (χ4v) is 3.59. The molecule has 31 heavy (non-hydrogen) atoms. The van der Waals surface area contributed by atoms with E-state index in [1.54, 1.807) is 11.9 Å². The second-order valence-electron chi connectivity index (χ2n) is 7.50. The molecular weight excluding hydrogens is 394 g/mol. The first-order valence-electron chi connectivity index (χ1n) is 10.7. The van der Waals surface area contributed by atoms with Gasteiger partial charge in [-0.2, -0.15) is 0 Å². The number of rotatable bonds is 10. The molecule has 2 aromatic rings. The van der Waals surface area contributed by atoms with Crippen molar-refractivity contribution in [2.24, 2.45) is 0 Å². The van der Waals surface area contributed by atoms with Gasteiger partial charge in [-0.15, -0.1) is 0 Å². The largest absolute Gasteiger partial charge is 0.494 e. The van der Waals surface area contributed by atoms with E-state index < -0.39 is 6.04 Å². The molecular formula is C24H31N3O4. The summed E-state index contributed by atoms with van der Waals surface area (Å²) in [6, 6.07) is 16.8. The van der Waals surface area contributed by atoms with Gasteiger partial charge in [0.15, 0.2) is 0 Å². The van der Waals surface area contributed by atoms with E-state index in [1.807, 2.05) is 61.5 Å². The van der Waals surface area contributed by atoms with E-state index >= 15 is 0 Å². The highest BCUT2D eigenvalue weighted by Crippen LogP contribution is 2.22. The van der Waals surface area contributed by atoms with Crippen LogP contribution < -0.4 is 14.8 Å².